The molecule has 2 nitrogen and oxygen atoms in total. The van der Waals surface area contributed by atoms with E-state index < -0.39 is 35.9 Å². The summed E-state index contributed by atoms with van der Waals surface area (Å²) in [5.74, 6) is -1.21. The molecule has 2 rings (SSSR count). The van der Waals surface area contributed by atoms with Crippen LogP contribution in [-0.4, -0.2) is 33.8 Å². The number of hydrogen-bond donors (Lipinski definition) is 2. The lowest BCUT2D eigenvalue weighted by Crippen LogP contribution is -2.59. The van der Waals surface area contributed by atoms with Gasteiger partial charge in [0.15, 0.2) is 0 Å². The summed E-state index contributed by atoms with van der Waals surface area (Å²) in [5, 5.41) is 19.2. The predicted molar refractivity (Wildman–Crippen MR) is 52.1 cm³/mol. The molecule has 0 heterocycles. The highest BCUT2D eigenvalue weighted by Crippen LogP contribution is 2.57. The topological polar surface area (TPSA) is 40.5 Å². The Balaban J connectivity index is 2.24. The van der Waals surface area contributed by atoms with Gasteiger partial charge in [0.25, 0.3) is 5.60 Å². The molecule has 2 saturated carbocycles. The van der Waals surface area contributed by atoms with Crippen LogP contribution >= 0.6 is 0 Å². The molecule has 2 aliphatic carbocycles. The maximum atomic E-state index is 12.6. The van der Waals surface area contributed by atoms with Crippen molar-refractivity contribution in [2.75, 3.05) is 0 Å². The van der Waals surface area contributed by atoms with Gasteiger partial charge in [-0.3, -0.25) is 0 Å². The van der Waals surface area contributed by atoms with Crippen LogP contribution in [0.1, 0.15) is 32.1 Å². The van der Waals surface area contributed by atoms with Crippen LogP contribution in [0.15, 0.2) is 0 Å². The fraction of sp³-hybridized carbons (Fsp3) is 1.00. The minimum Gasteiger partial charge on any atom is -0.390 e. The summed E-state index contributed by atoms with van der Waals surface area (Å²) >= 11 is 0. The van der Waals surface area contributed by atoms with E-state index in [4.69, 9.17) is 5.11 Å². The first-order valence-electron chi connectivity index (χ1n) is 5.97. The van der Waals surface area contributed by atoms with Gasteiger partial charge in [-0.1, -0.05) is 0 Å². The first-order valence-corrected chi connectivity index (χ1v) is 5.97. The second kappa shape index (κ2) is 4.00. The third kappa shape index (κ3) is 2.22. The third-order valence-electron chi connectivity index (χ3n) is 4.49. The van der Waals surface area contributed by atoms with Crippen LogP contribution in [0.4, 0.5) is 26.3 Å². The molecule has 2 fully saturated rings. The van der Waals surface area contributed by atoms with Gasteiger partial charge in [-0.2, -0.15) is 26.3 Å². The molecular formula is C11H14F6O2. The zero-order valence-corrected chi connectivity index (χ0v) is 9.85. The van der Waals surface area contributed by atoms with Crippen molar-refractivity contribution in [3.05, 3.63) is 0 Å². The Kier molecular flexibility index (Phi) is 3.14. The van der Waals surface area contributed by atoms with E-state index in [1.807, 2.05) is 0 Å². The molecule has 0 aromatic carbocycles. The summed E-state index contributed by atoms with van der Waals surface area (Å²) in [6.45, 7) is 0. The first-order chi connectivity index (χ1) is 8.39. The highest BCUT2D eigenvalue weighted by Gasteiger charge is 2.72. The molecule has 0 saturated heterocycles. The Morgan fingerprint density at radius 2 is 1.58 bits per heavy atom. The number of aliphatic hydroxyl groups is 2. The Labute approximate surface area is 105 Å². The fourth-order valence-electron chi connectivity index (χ4n) is 3.37. The zero-order valence-electron chi connectivity index (χ0n) is 9.85. The molecule has 19 heavy (non-hydrogen) atoms. The molecule has 2 bridgehead atoms. The number of alkyl halides is 6. The van der Waals surface area contributed by atoms with Crippen LogP contribution in [0.3, 0.4) is 0 Å². The molecule has 8 heteroatoms. The molecule has 0 spiro atoms. The van der Waals surface area contributed by atoms with Gasteiger partial charge in [0.05, 0.1) is 5.60 Å². The second-order valence-corrected chi connectivity index (χ2v) is 5.70. The van der Waals surface area contributed by atoms with E-state index in [0.29, 0.717) is 6.42 Å². The van der Waals surface area contributed by atoms with E-state index in [-0.39, 0.29) is 25.2 Å². The second-order valence-electron chi connectivity index (χ2n) is 5.70. The Bertz CT molecular complexity index is 349. The van der Waals surface area contributed by atoms with Gasteiger partial charge in [0.1, 0.15) is 0 Å². The molecule has 0 radical (unpaired) electrons. The zero-order chi connectivity index (χ0) is 14.7. The third-order valence-corrected chi connectivity index (χ3v) is 4.49. The van der Waals surface area contributed by atoms with Crippen molar-refractivity contribution in [1.82, 2.24) is 0 Å². The minimum atomic E-state index is -5.80. The lowest BCUT2D eigenvalue weighted by atomic mass is 9.77. The van der Waals surface area contributed by atoms with Crippen LogP contribution in [0.5, 0.6) is 0 Å². The van der Waals surface area contributed by atoms with E-state index in [9.17, 15) is 31.4 Å². The summed E-state index contributed by atoms with van der Waals surface area (Å²) in [7, 11) is 0. The first kappa shape index (κ1) is 14.9. The summed E-state index contributed by atoms with van der Waals surface area (Å²) in [4.78, 5) is 0. The van der Waals surface area contributed by atoms with Gasteiger partial charge in [-0.05, 0) is 43.9 Å². The average Bonchev–Trinajstić information content (AvgIpc) is 2.69. The molecule has 0 amide bonds. The standard InChI is InChI=1S/C11H14F6O2/c12-10(13,14)9(19,11(15,16)17)5-7-3-6-1-2-8(7,18)4-6/h6-7,18-19H,1-5H2. The van der Waals surface area contributed by atoms with Gasteiger partial charge in [-0.25, -0.2) is 0 Å². The Hall–Kier alpha value is -0.500. The van der Waals surface area contributed by atoms with E-state index in [1.54, 1.807) is 0 Å². The molecule has 3 unspecified atom stereocenters. The number of fused-ring (bicyclic) bond motifs is 2. The van der Waals surface area contributed by atoms with Crippen molar-refractivity contribution in [3.63, 3.8) is 0 Å². The lowest BCUT2D eigenvalue weighted by molar-refractivity contribution is -0.374. The average molecular weight is 292 g/mol. The molecular weight excluding hydrogens is 278 g/mol. The molecule has 112 valence electrons. The van der Waals surface area contributed by atoms with Crippen molar-refractivity contribution in [1.29, 1.82) is 0 Å². The van der Waals surface area contributed by atoms with E-state index >= 15 is 0 Å². The summed E-state index contributed by atoms with van der Waals surface area (Å²) < 4.78 is 75.4. The highest BCUT2D eigenvalue weighted by molar-refractivity contribution is 5.07. The van der Waals surface area contributed by atoms with Gasteiger partial charge in [0, 0.05) is 0 Å². The fourth-order valence-corrected chi connectivity index (χ4v) is 3.37. The van der Waals surface area contributed by atoms with Crippen molar-refractivity contribution in [2.24, 2.45) is 11.8 Å². The van der Waals surface area contributed by atoms with Crippen molar-refractivity contribution < 1.29 is 36.6 Å². The van der Waals surface area contributed by atoms with Crippen LogP contribution in [0.25, 0.3) is 0 Å². The van der Waals surface area contributed by atoms with Gasteiger partial charge < -0.3 is 10.2 Å². The van der Waals surface area contributed by atoms with E-state index in [0.717, 1.165) is 0 Å². The van der Waals surface area contributed by atoms with Crippen LogP contribution in [0.2, 0.25) is 0 Å². The SMILES string of the molecule is OC12CCC(CC1CC(O)(C(F)(F)F)C(F)(F)F)C2. The highest BCUT2D eigenvalue weighted by atomic mass is 19.4. The number of hydrogen-bond acceptors (Lipinski definition) is 2. The maximum Gasteiger partial charge on any atom is 0.426 e. The van der Waals surface area contributed by atoms with Crippen LogP contribution < -0.4 is 0 Å². The van der Waals surface area contributed by atoms with Gasteiger partial charge in [0.2, 0.25) is 0 Å². The van der Waals surface area contributed by atoms with Crippen molar-refractivity contribution >= 4 is 0 Å². The monoisotopic (exact) mass is 292 g/mol. The molecule has 3 atom stereocenters. The number of halogens is 6. The van der Waals surface area contributed by atoms with E-state index in [1.165, 1.54) is 0 Å². The van der Waals surface area contributed by atoms with Crippen molar-refractivity contribution in [2.45, 2.75) is 55.7 Å². The van der Waals surface area contributed by atoms with Crippen LogP contribution in [0, 0.1) is 11.8 Å². The van der Waals surface area contributed by atoms with E-state index in [2.05, 4.69) is 0 Å². The van der Waals surface area contributed by atoms with Gasteiger partial charge >= 0.3 is 12.4 Å². The largest absolute Gasteiger partial charge is 0.426 e. The quantitative estimate of drug-likeness (QED) is 0.768. The predicted octanol–water partition coefficient (Wildman–Crippen LogP) is 2.78. The maximum absolute atomic E-state index is 12.6. The summed E-state index contributed by atoms with van der Waals surface area (Å²) in [6.07, 6.45) is -12.0. The summed E-state index contributed by atoms with van der Waals surface area (Å²) in [5.41, 5.74) is -6.24. The van der Waals surface area contributed by atoms with Gasteiger partial charge in [-0.15, -0.1) is 0 Å². The van der Waals surface area contributed by atoms with Crippen LogP contribution in [-0.2, 0) is 0 Å². The molecule has 2 N–H and O–H groups in total. The summed E-state index contributed by atoms with van der Waals surface area (Å²) in [6, 6.07) is 0. The smallest absolute Gasteiger partial charge is 0.390 e. The lowest BCUT2D eigenvalue weighted by Gasteiger charge is -2.38. The Morgan fingerprint density at radius 1 is 1.05 bits per heavy atom. The normalized spacial score (nSPS) is 36.0. The minimum absolute atomic E-state index is 0.0410. The number of rotatable bonds is 2. The molecule has 0 aromatic heterocycles. The molecule has 0 aliphatic heterocycles. The molecule has 2 aliphatic rings. The van der Waals surface area contributed by atoms with Crippen molar-refractivity contribution in [3.8, 4) is 0 Å². The molecule has 0 aromatic rings. The Morgan fingerprint density at radius 3 is 1.89 bits per heavy atom.